The van der Waals surface area contributed by atoms with Gasteiger partial charge >= 0.3 is 6.18 Å². The van der Waals surface area contributed by atoms with Gasteiger partial charge in [-0.15, -0.1) is 0 Å². The van der Waals surface area contributed by atoms with Gasteiger partial charge in [0.05, 0.1) is 11.1 Å². The van der Waals surface area contributed by atoms with E-state index in [9.17, 15) is 18.0 Å². The van der Waals surface area contributed by atoms with E-state index in [-0.39, 0.29) is 16.8 Å². The maximum Gasteiger partial charge on any atom is 0.433 e. The average Bonchev–Trinajstić information content (AvgIpc) is 2.47. The Balaban J connectivity index is 2.27. The fourth-order valence-corrected chi connectivity index (χ4v) is 2.07. The summed E-state index contributed by atoms with van der Waals surface area (Å²) in [7, 11) is 0. The van der Waals surface area contributed by atoms with Crippen LogP contribution >= 0.6 is 0 Å². The Bertz CT molecular complexity index is 871. The largest absolute Gasteiger partial charge is 0.433 e. The third-order valence-electron chi connectivity index (χ3n) is 3.02. The minimum atomic E-state index is -4.53. The second kappa shape index (κ2) is 4.69. The molecule has 0 bridgehead atoms. The van der Waals surface area contributed by atoms with E-state index in [1.54, 1.807) is 24.3 Å². The quantitative estimate of drug-likeness (QED) is 0.749. The molecule has 0 fully saturated rings. The Morgan fingerprint density at radius 3 is 2.48 bits per heavy atom. The number of nitrogens with zero attached hydrogens (tertiary/aromatic N) is 2. The number of H-pyrrole nitrogens is 1. The molecule has 0 atom stereocenters. The highest BCUT2D eigenvalue weighted by Crippen LogP contribution is 2.31. The van der Waals surface area contributed by atoms with E-state index in [2.05, 4.69) is 15.2 Å². The van der Waals surface area contributed by atoms with Crippen LogP contribution in [0, 0.1) is 0 Å². The fraction of sp³-hybridized carbons (Fsp3) is 0.0714. The number of nitrogens with one attached hydrogen (secondary N) is 1. The van der Waals surface area contributed by atoms with Gasteiger partial charge in [-0.3, -0.25) is 9.78 Å². The molecule has 0 unspecified atom stereocenters. The van der Waals surface area contributed by atoms with Crippen molar-refractivity contribution in [3.05, 3.63) is 58.6 Å². The Morgan fingerprint density at radius 1 is 1.05 bits per heavy atom. The molecule has 0 spiro atoms. The van der Waals surface area contributed by atoms with E-state index in [4.69, 9.17) is 0 Å². The summed E-state index contributed by atoms with van der Waals surface area (Å²) in [6.45, 7) is 0. The maximum atomic E-state index is 12.7. The molecular weight excluding hydrogens is 283 g/mol. The molecule has 0 radical (unpaired) electrons. The average molecular weight is 291 g/mol. The van der Waals surface area contributed by atoms with Crippen molar-refractivity contribution in [2.45, 2.75) is 6.18 Å². The molecule has 21 heavy (non-hydrogen) atoms. The number of rotatable bonds is 1. The number of hydrogen-bond donors (Lipinski definition) is 1. The van der Waals surface area contributed by atoms with Crippen LogP contribution in [0.2, 0.25) is 0 Å². The van der Waals surface area contributed by atoms with Gasteiger partial charge in [-0.1, -0.05) is 18.2 Å². The van der Waals surface area contributed by atoms with E-state index in [1.807, 2.05) is 0 Å². The first-order chi connectivity index (χ1) is 9.97. The SMILES string of the molecule is O=c1[nH]nc(-c2ccnc(C(F)(F)F)c2)c2ccccc12. The van der Waals surface area contributed by atoms with Crippen molar-refractivity contribution in [2.75, 3.05) is 0 Å². The highest BCUT2D eigenvalue weighted by molar-refractivity contribution is 5.93. The van der Waals surface area contributed by atoms with Crippen LogP contribution in [0.3, 0.4) is 0 Å². The molecular formula is C14H8F3N3O. The van der Waals surface area contributed by atoms with E-state index >= 15 is 0 Å². The van der Waals surface area contributed by atoms with Gasteiger partial charge in [0, 0.05) is 17.1 Å². The molecule has 3 rings (SSSR count). The molecule has 4 nitrogen and oxygen atoms in total. The van der Waals surface area contributed by atoms with Crippen LogP contribution in [0.4, 0.5) is 13.2 Å². The summed E-state index contributed by atoms with van der Waals surface area (Å²) in [6.07, 6.45) is -3.46. The van der Waals surface area contributed by atoms with Crippen molar-refractivity contribution < 1.29 is 13.2 Å². The van der Waals surface area contributed by atoms with Crippen LogP contribution in [-0.2, 0) is 6.18 Å². The number of halogens is 3. The van der Waals surface area contributed by atoms with Gasteiger partial charge in [-0.05, 0) is 18.2 Å². The number of aromatic nitrogens is 3. The molecule has 0 saturated carbocycles. The highest BCUT2D eigenvalue weighted by atomic mass is 19.4. The Hall–Kier alpha value is -2.70. The summed E-state index contributed by atoms with van der Waals surface area (Å²) < 4.78 is 38.2. The zero-order chi connectivity index (χ0) is 15.0. The fourth-order valence-electron chi connectivity index (χ4n) is 2.07. The molecule has 0 amide bonds. The van der Waals surface area contributed by atoms with Gasteiger partial charge < -0.3 is 0 Å². The van der Waals surface area contributed by atoms with E-state index in [0.717, 1.165) is 12.3 Å². The van der Waals surface area contributed by atoms with Gasteiger partial charge in [0.25, 0.3) is 5.56 Å². The monoisotopic (exact) mass is 291 g/mol. The minimum Gasteiger partial charge on any atom is -0.267 e. The first-order valence-electron chi connectivity index (χ1n) is 5.98. The van der Waals surface area contributed by atoms with Crippen LogP contribution in [0.1, 0.15) is 5.69 Å². The van der Waals surface area contributed by atoms with Gasteiger partial charge in [0.1, 0.15) is 5.69 Å². The van der Waals surface area contributed by atoms with Crippen LogP contribution in [0.25, 0.3) is 22.0 Å². The van der Waals surface area contributed by atoms with E-state index in [1.165, 1.54) is 6.07 Å². The molecule has 3 aromatic rings. The van der Waals surface area contributed by atoms with Crippen LogP contribution in [-0.4, -0.2) is 15.2 Å². The van der Waals surface area contributed by atoms with Gasteiger partial charge in [0.2, 0.25) is 0 Å². The topological polar surface area (TPSA) is 58.6 Å². The summed E-state index contributed by atoms with van der Waals surface area (Å²) in [6, 6.07) is 8.93. The molecule has 0 aliphatic heterocycles. The smallest absolute Gasteiger partial charge is 0.267 e. The predicted octanol–water partition coefficient (Wildman–Crippen LogP) is 3.00. The number of pyridine rings is 1. The standard InChI is InChI=1S/C14H8F3N3O/c15-14(16,17)11-7-8(5-6-18-11)12-9-3-1-2-4-10(9)13(21)20-19-12/h1-7H,(H,20,21). The number of fused-ring (bicyclic) bond motifs is 1. The molecule has 0 saturated heterocycles. The molecule has 1 aromatic carbocycles. The van der Waals surface area contributed by atoms with Crippen LogP contribution < -0.4 is 5.56 Å². The van der Waals surface area contributed by atoms with Crippen molar-refractivity contribution in [1.82, 2.24) is 15.2 Å². The van der Waals surface area contributed by atoms with Gasteiger partial charge in [-0.25, -0.2) is 5.10 Å². The lowest BCUT2D eigenvalue weighted by atomic mass is 10.1. The third-order valence-corrected chi connectivity index (χ3v) is 3.02. The Morgan fingerprint density at radius 2 is 1.76 bits per heavy atom. The molecule has 0 aliphatic carbocycles. The first kappa shape index (κ1) is 13.3. The summed E-state index contributed by atoms with van der Waals surface area (Å²) in [4.78, 5) is 15.0. The zero-order valence-corrected chi connectivity index (χ0v) is 10.5. The zero-order valence-electron chi connectivity index (χ0n) is 10.5. The molecule has 2 heterocycles. The number of benzene rings is 1. The second-order valence-electron chi connectivity index (χ2n) is 4.37. The second-order valence-corrected chi connectivity index (χ2v) is 4.37. The Labute approximate surface area is 116 Å². The lowest BCUT2D eigenvalue weighted by Crippen LogP contribution is -2.10. The summed E-state index contributed by atoms with van der Waals surface area (Å²) >= 11 is 0. The summed E-state index contributed by atoms with van der Waals surface area (Å²) in [5.74, 6) is 0. The molecule has 7 heteroatoms. The van der Waals surface area contributed by atoms with Crippen molar-refractivity contribution in [3.8, 4) is 11.3 Å². The van der Waals surface area contributed by atoms with Crippen LogP contribution in [0.5, 0.6) is 0 Å². The van der Waals surface area contributed by atoms with Gasteiger partial charge in [-0.2, -0.15) is 18.3 Å². The van der Waals surface area contributed by atoms with Gasteiger partial charge in [0.15, 0.2) is 0 Å². The van der Waals surface area contributed by atoms with Crippen LogP contribution in [0.15, 0.2) is 47.4 Å². The summed E-state index contributed by atoms with van der Waals surface area (Å²) in [5, 5.41) is 7.01. The first-order valence-corrected chi connectivity index (χ1v) is 5.98. The van der Waals surface area contributed by atoms with Crippen molar-refractivity contribution in [1.29, 1.82) is 0 Å². The van der Waals surface area contributed by atoms with E-state index < -0.39 is 11.9 Å². The Kier molecular flexibility index (Phi) is 2.97. The van der Waals surface area contributed by atoms with E-state index in [0.29, 0.717) is 10.8 Å². The van der Waals surface area contributed by atoms with Crippen molar-refractivity contribution in [3.63, 3.8) is 0 Å². The molecule has 2 aromatic heterocycles. The van der Waals surface area contributed by atoms with Crippen molar-refractivity contribution in [2.24, 2.45) is 0 Å². The number of hydrogen-bond acceptors (Lipinski definition) is 3. The maximum absolute atomic E-state index is 12.7. The molecule has 0 aliphatic rings. The molecule has 106 valence electrons. The number of alkyl halides is 3. The normalized spacial score (nSPS) is 11.8. The lowest BCUT2D eigenvalue weighted by molar-refractivity contribution is -0.141. The predicted molar refractivity (Wildman–Crippen MR) is 70.6 cm³/mol. The summed E-state index contributed by atoms with van der Waals surface area (Å²) in [5.41, 5.74) is -0.876. The highest BCUT2D eigenvalue weighted by Gasteiger charge is 2.32. The van der Waals surface area contributed by atoms with Crippen molar-refractivity contribution >= 4 is 10.8 Å². The number of aromatic amines is 1. The minimum absolute atomic E-state index is 0.241. The molecule has 1 N–H and O–H groups in total. The lowest BCUT2D eigenvalue weighted by Gasteiger charge is -2.08. The third kappa shape index (κ3) is 2.37.